The minimum Gasteiger partial charge on any atom is -0.494 e. The summed E-state index contributed by atoms with van der Waals surface area (Å²) in [6.45, 7) is 2.83. The first-order chi connectivity index (χ1) is 15.1. The summed E-state index contributed by atoms with van der Waals surface area (Å²) in [4.78, 5) is 28.4. The second-order valence-electron chi connectivity index (χ2n) is 6.94. The van der Waals surface area contributed by atoms with Crippen molar-refractivity contribution in [3.05, 3.63) is 79.1 Å². The van der Waals surface area contributed by atoms with Crippen molar-refractivity contribution in [3.8, 4) is 17.1 Å². The Morgan fingerprint density at radius 1 is 1.16 bits per heavy atom. The van der Waals surface area contributed by atoms with Crippen molar-refractivity contribution in [2.75, 3.05) is 6.61 Å². The lowest BCUT2D eigenvalue weighted by atomic mass is 10.2. The molecule has 0 aliphatic heterocycles. The van der Waals surface area contributed by atoms with Crippen LogP contribution in [0, 0.1) is 10.1 Å². The van der Waals surface area contributed by atoms with Crippen LogP contribution in [0.2, 0.25) is 0 Å². The molecular formula is C22H20N4O4S. The maximum absolute atomic E-state index is 12.7. The number of para-hydroxylation sites is 1. The Morgan fingerprint density at radius 3 is 2.65 bits per heavy atom. The number of hydrogen-bond acceptors (Lipinski definition) is 7. The van der Waals surface area contributed by atoms with Crippen molar-refractivity contribution < 1.29 is 9.66 Å². The summed E-state index contributed by atoms with van der Waals surface area (Å²) in [5.74, 6) is 1.23. The predicted molar refractivity (Wildman–Crippen MR) is 119 cm³/mol. The van der Waals surface area contributed by atoms with E-state index in [0.717, 1.165) is 41.9 Å². The average molecular weight is 436 g/mol. The van der Waals surface area contributed by atoms with Crippen molar-refractivity contribution in [3.63, 3.8) is 0 Å². The summed E-state index contributed by atoms with van der Waals surface area (Å²) < 4.78 is 7.29. The van der Waals surface area contributed by atoms with Gasteiger partial charge < -0.3 is 4.74 Å². The van der Waals surface area contributed by atoms with Gasteiger partial charge in [0.1, 0.15) is 5.75 Å². The maximum Gasteiger partial charge on any atom is 0.291 e. The van der Waals surface area contributed by atoms with Crippen molar-refractivity contribution in [2.45, 2.75) is 26.2 Å². The van der Waals surface area contributed by atoms with Gasteiger partial charge in [0.25, 0.3) is 11.2 Å². The summed E-state index contributed by atoms with van der Waals surface area (Å²) in [5.41, 5.74) is 0.732. The van der Waals surface area contributed by atoms with Crippen LogP contribution in [0.1, 0.15) is 31.7 Å². The maximum atomic E-state index is 12.7. The van der Waals surface area contributed by atoms with E-state index in [4.69, 9.17) is 4.74 Å². The summed E-state index contributed by atoms with van der Waals surface area (Å²) >= 11 is 1.15. The van der Waals surface area contributed by atoms with Gasteiger partial charge in [0, 0.05) is 11.6 Å². The topological polar surface area (TPSA) is 99.6 Å². The number of thiazole rings is 1. The van der Waals surface area contributed by atoms with E-state index in [1.54, 1.807) is 18.2 Å². The summed E-state index contributed by atoms with van der Waals surface area (Å²) in [7, 11) is 0. The van der Waals surface area contributed by atoms with Crippen LogP contribution in [0.25, 0.3) is 22.4 Å². The van der Waals surface area contributed by atoms with Crippen LogP contribution < -0.4 is 14.8 Å². The molecule has 0 atom stereocenters. The molecule has 2 aromatic heterocycles. The molecule has 4 aromatic rings. The molecule has 0 unspecified atom stereocenters. The normalized spacial score (nSPS) is 11.8. The van der Waals surface area contributed by atoms with Gasteiger partial charge in [-0.1, -0.05) is 43.2 Å². The fourth-order valence-corrected chi connectivity index (χ4v) is 4.01. The molecule has 8 nitrogen and oxygen atoms in total. The Bertz CT molecular complexity index is 1330. The SMILES string of the molecule is CCCCCOc1ccc(-c2nc3s/c(=C\c4ccccc4[N+](=O)[O-])c(=O)n3n2)cc1. The number of unbranched alkanes of at least 4 members (excludes halogenated alkanes) is 2. The summed E-state index contributed by atoms with van der Waals surface area (Å²) in [6.07, 6.45) is 4.82. The quantitative estimate of drug-likeness (QED) is 0.236. The van der Waals surface area contributed by atoms with Crippen LogP contribution in [0.3, 0.4) is 0 Å². The highest BCUT2D eigenvalue weighted by Gasteiger charge is 2.14. The zero-order chi connectivity index (χ0) is 21.8. The van der Waals surface area contributed by atoms with Crippen LogP contribution in [0.4, 0.5) is 5.69 Å². The number of nitro groups is 1. The number of fused-ring (bicyclic) bond motifs is 1. The monoisotopic (exact) mass is 436 g/mol. The van der Waals surface area contributed by atoms with Crippen LogP contribution in [0.5, 0.6) is 5.75 Å². The number of hydrogen-bond donors (Lipinski definition) is 0. The fraction of sp³-hybridized carbons (Fsp3) is 0.227. The van der Waals surface area contributed by atoms with E-state index >= 15 is 0 Å². The highest BCUT2D eigenvalue weighted by molar-refractivity contribution is 7.15. The third-order valence-electron chi connectivity index (χ3n) is 4.73. The van der Waals surface area contributed by atoms with Gasteiger partial charge >= 0.3 is 0 Å². The minimum atomic E-state index is -0.470. The second-order valence-corrected chi connectivity index (χ2v) is 7.95. The molecule has 4 rings (SSSR count). The van der Waals surface area contributed by atoms with Gasteiger partial charge in [0.15, 0.2) is 5.82 Å². The van der Waals surface area contributed by atoms with Crippen molar-refractivity contribution in [1.82, 2.24) is 14.6 Å². The zero-order valence-corrected chi connectivity index (χ0v) is 17.7. The lowest BCUT2D eigenvalue weighted by molar-refractivity contribution is -0.385. The van der Waals surface area contributed by atoms with E-state index in [0.29, 0.717) is 27.5 Å². The van der Waals surface area contributed by atoms with E-state index in [2.05, 4.69) is 17.0 Å². The molecule has 31 heavy (non-hydrogen) atoms. The summed E-state index contributed by atoms with van der Waals surface area (Å²) in [6, 6.07) is 13.7. The van der Waals surface area contributed by atoms with Gasteiger partial charge in [-0.3, -0.25) is 14.9 Å². The van der Waals surface area contributed by atoms with Gasteiger partial charge in [-0.2, -0.15) is 9.50 Å². The lowest BCUT2D eigenvalue weighted by Crippen LogP contribution is -2.23. The van der Waals surface area contributed by atoms with Crippen molar-refractivity contribution >= 4 is 28.1 Å². The molecule has 2 heterocycles. The smallest absolute Gasteiger partial charge is 0.291 e. The first-order valence-corrected chi connectivity index (χ1v) is 10.8. The van der Waals surface area contributed by atoms with Crippen LogP contribution >= 0.6 is 11.3 Å². The van der Waals surface area contributed by atoms with Gasteiger partial charge in [-0.05, 0) is 42.8 Å². The molecular weight excluding hydrogens is 416 g/mol. The molecule has 0 bridgehead atoms. The lowest BCUT2D eigenvalue weighted by Gasteiger charge is -2.05. The zero-order valence-electron chi connectivity index (χ0n) is 16.9. The third kappa shape index (κ3) is 4.46. The molecule has 158 valence electrons. The summed E-state index contributed by atoms with van der Waals surface area (Å²) in [5, 5.41) is 15.5. The Labute approximate surface area is 181 Å². The standard InChI is InChI=1S/C22H20N4O4S/c1-2-3-6-13-30-17-11-9-15(10-12-17)20-23-22-25(24-20)21(27)19(31-22)14-16-7-4-5-8-18(16)26(28)29/h4-5,7-12,14H,2-3,6,13H2,1H3/b19-14-. The first-order valence-electron chi connectivity index (χ1n) is 9.95. The largest absolute Gasteiger partial charge is 0.494 e. The minimum absolute atomic E-state index is 0.0569. The molecule has 0 N–H and O–H groups in total. The molecule has 0 amide bonds. The Hall–Kier alpha value is -3.59. The van der Waals surface area contributed by atoms with Gasteiger partial charge in [0.05, 0.1) is 21.6 Å². The number of nitro benzene ring substituents is 1. The van der Waals surface area contributed by atoms with E-state index in [1.165, 1.54) is 16.7 Å². The molecule has 0 aliphatic carbocycles. The van der Waals surface area contributed by atoms with E-state index in [-0.39, 0.29) is 11.2 Å². The molecule has 0 radical (unpaired) electrons. The molecule has 2 aromatic carbocycles. The first kappa shape index (κ1) is 20.7. The number of rotatable bonds is 8. The predicted octanol–water partition coefficient (Wildman–Crippen LogP) is 3.84. The molecule has 0 saturated heterocycles. The molecule has 0 spiro atoms. The Morgan fingerprint density at radius 2 is 1.94 bits per heavy atom. The highest BCUT2D eigenvalue weighted by atomic mass is 32.1. The average Bonchev–Trinajstić information content (AvgIpc) is 3.31. The third-order valence-corrected chi connectivity index (χ3v) is 5.69. The molecule has 9 heteroatoms. The molecule has 0 aliphatic rings. The number of ether oxygens (including phenoxy) is 1. The Balaban J connectivity index is 1.60. The molecule has 0 saturated carbocycles. The number of nitrogens with zero attached hydrogens (tertiary/aromatic N) is 4. The van der Waals surface area contributed by atoms with Crippen molar-refractivity contribution in [2.24, 2.45) is 0 Å². The fourth-order valence-electron chi connectivity index (χ4n) is 3.12. The second kappa shape index (κ2) is 9.05. The number of benzene rings is 2. The Kier molecular flexibility index (Phi) is 6.03. The number of aromatic nitrogens is 3. The van der Waals surface area contributed by atoms with E-state index in [1.807, 2.05) is 24.3 Å². The van der Waals surface area contributed by atoms with Gasteiger partial charge in [-0.15, -0.1) is 5.10 Å². The van der Waals surface area contributed by atoms with E-state index < -0.39 is 4.92 Å². The highest BCUT2D eigenvalue weighted by Crippen LogP contribution is 2.21. The van der Waals surface area contributed by atoms with Crippen LogP contribution in [-0.4, -0.2) is 26.1 Å². The van der Waals surface area contributed by atoms with Crippen LogP contribution in [-0.2, 0) is 0 Å². The van der Waals surface area contributed by atoms with Gasteiger partial charge in [-0.25, -0.2) is 0 Å². The van der Waals surface area contributed by atoms with E-state index in [9.17, 15) is 14.9 Å². The van der Waals surface area contributed by atoms with Crippen LogP contribution in [0.15, 0.2) is 53.3 Å². The van der Waals surface area contributed by atoms with Crippen molar-refractivity contribution in [1.29, 1.82) is 0 Å². The van der Waals surface area contributed by atoms with Gasteiger partial charge in [0.2, 0.25) is 4.96 Å². The molecule has 0 fully saturated rings.